The number of aromatic nitrogens is 6. The fourth-order valence-electron chi connectivity index (χ4n) is 4.37. The number of nitrogens with one attached hydrogen (secondary N) is 1. The smallest absolute Gasteiger partial charge is 0.255 e. The molecule has 1 N–H and O–H groups in total. The lowest BCUT2D eigenvalue weighted by Crippen LogP contribution is -2.38. The molecule has 0 unspecified atom stereocenters. The van der Waals surface area contributed by atoms with Crippen LogP contribution in [0.2, 0.25) is 0 Å². The molecule has 1 fully saturated rings. The third kappa shape index (κ3) is 5.14. The highest BCUT2D eigenvalue weighted by Gasteiger charge is 2.17. The number of aromatic amines is 1. The number of tetrazole rings is 1. The van der Waals surface area contributed by atoms with Crippen molar-refractivity contribution in [2.75, 3.05) is 31.2 Å². The van der Waals surface area contributed by atoms with E-state index in [0.29, 0.717) is 25.6 Å². The van der Waals surface area contributed by atoms with Gasteiger partial charge in [-0.2, -0.15) is 5.21 Å². The van der Waals surface area contributed by atoms with E-state index in [-0.39, 0.29) is 5.56 Å². The molecule has 0 atom stereocenters. The van der Waals surface area contributed by atoms with Crippen LogP contribution in [0, 0.1) is 0 Å². The monoisotopic (exact) mass is 471 g/mol. The van der Waals surface area contributed by atoms with Crippen molar-refractivity contribution < 1.29 is 4.74 Å². The molecular formula is C26H29N7O2. The largest absolute Gasteiger partial charge is 0.378 e. The molecule has 35 heavy (non-hydrogen) atoms. The zero-order chi connectivity index (χ0) is 24.0. The minimum absolute atomic E-state index is 0.0147. The van der Waals surface area contributed by atoms with Gasteiger partial charge < -0.3 is 9.64 Å². The van der Waals surface area contributed by atoms with E-state index in [2.05, 4.69) is 56.7 Å². The predicted molar refractivity (Wildman–Crippen MR) is 134 cm³/mol. The van der Waals surface area contributed by atoms with Gasteiger partial charge in [-0.15, -0.1) is 10.2 Å². The van der Waals surface area contributed by atoms with Crippen LogP contribution in [-0.2, 0) is 17.7 Å². The van der Waals surface area contributed by atoms with E-state index in [4.69, 9.17) is 9.72 Å². The normalized spacial score (nSPS) is 13.8. The SMILES string of the molecule is CCCCc1nc(N2CCOCC2)cc(=O)n1Cc1ccc(-c2ccccc2-c2nn[nH]n2)cc1. The van der Waals surface area contributed by atoms with Crippen molar-refractivity contribution in [3.63, 3.8) is 0 Å². The molecule has 0 aliphatic carbocycles. The van der Waals surface area contributed by atoms with Crippen molar-refractivity contribution in [2.24, 2.45) is 0 Å². The van der Waals surface area contributed by atoms with Gasteiger partial charge in [0.15, 0.2) is 0 Å². The molecule has 1 saturated heterocycles. The summed E-state index contributed by atoms with van der Waals surface area (Å²) in [6, 6.07) is 17.9. The van der Waals surface area contributed by atoms with Crippen molar-refractivity contribution >= 4 is 5.82 Å². The van der Waals surface area contributed by atoms with Gasteiger partial charge in [-0.3, -0.25) is 9.36 Å². The summed E-state index contributed by atoms with van der Waals surface area (Å²) in [7, 11) is 0. The molecule has 2 aromatic carbocycles. The standard InChI is InChI=1S/C26H29N7O2/c1-2-3-8-23-27-24(32-13-15-35-16-14-32)17-25(34)33(23)18-19-9-11-20(12-10-19)21-6-4-5-7-22(21)26-28-30-31-29-26/h4-7,9-12,17H,2-3,8,13-16,18H2,1H3,(H,28,29,30,31). The van der Waals surface area contributed by atoms with Gasteiger partial charge in [0.05, 0.1) is 19.8 Å². The number of unbranched alkanes of at least 4 members (excludes halogenated alkanes) is 1. The number of rotatable bonds is 8. The van der Waals surface area contributed by atoms with Gasteiger partial charge in [-0.25, -0.2) is 4.98 Å². The Hall–Kier alpha value is -3.85. The molecule has 1 aliphatic heterocycles. The Kier molecular flexibility index (Phi) is 6.94. The number of hydrogen-bond donors (Lipinski definition) is 1. The van der Waals surface area contributed by atoms with Crippen LogP contribution in [0.5, 0.6) is 0 Å². The Morgan fingerprint density at radius 2 is 1.80 bits per heavy atom. The number of benzene rings is 2. The van der Waals surface area contributed by atoms with Gasteiger partial charge in [0.2, 0.25) is 5.82 Å². The highest BCUT2D eigenvalue weighted by molar-refractivity contribution is 5.80. The highest BCUT2D eigenvalue weighted by Crippen LogP contribution is 2.29. The molecule has 0 saturated carbocycles. The van der Waals surface area contributed by atoms with Crippen LogP contribution in [0.1, 0.15) is 31.2 Å². The number of hydrogen-bond acceptors (Lipinski definition) is 7. The van der Waals surface area contributed by atoms with Crippen molar-refractivity contribution in [1.29, 1.82) is 0 Å². The second kappa shape index (κ2) is 10.6. The number of ether oxygens (including phenoxy) is 1. The summed E-state index contributed by atoms with van der Waals surface area (Å²) in [4.78, 5) is 20.2. The van der Waals surface area contributed by atoms with E-state index in [0.717, 1.165) is 66.2 Å². The number of nitrogens with zero attached hydrogens (tertiary/aromatic N) is 6. The Labute approximate surface area is 203 Å². The number of morpholine rings is 1. The topological polar surface area (TPSA) is 102 Å². The molecule has 0 amide bonds. The predicted octanol–water partition coefficient (Wildman–Crippen LogP) is 3.32. The fraction of sp³-hybridized carbons (Fsp3) is 0.346. The quantitative estimate of drug-likeness (QED) is 0.421. The second-order valence-electron chi connectivity index (χ2n) is 8.64. The maximum absolute atomic E-state index is 13.2. The van der Waals surface area contributed by atoms with E-state index in [1.165, 1.54) is 0 Å². The molecule has 0 spiro atoms. The zero-order valence-electron chi connectivity index (χ0n) is 19.9. The average Bonchev–Trinajstić information content (AvgIpc) is 3.45. The zero-order valence-corrected chi connectivity index (χ0v) is 19.9. The number of anilines is 1. The summed E-state index contributed by atoms with van der Waals surface area (Å²) in [5.41, 5.74) is 4.02. The maximum Gasteiger partial charge on any atom is 0.255 e. The first-order valence-corrected chi connectivity index (χ1v) is 12.1. The minimum Gasteiger partial charge on any atom is -0.378 e. The van der Waals surface area contributed by atoms with E-state index in [1.54, 1.807) is 6.07 Å². The molecule has 0 bridgehead atoms. The van der Waals surface area contributed by atoms with Crippen LogP contribution in [0.3, 0.4) is 0 Å². The summed E-state index contributed by atoms with van der Waals surface area (Å²) in [5.74, 6) is 2.16. The molecule has 2 aromatic heterocycles. The lowest BCUT2D eigenvalue weighted by molar-refractivity contribution is 0.122. The minimum atomic E-state index is -0.0147. The summed E-state index contributed by atoms with van der Waals surface area (Å²) in [6.07, 6.45) is 2.82. The molecule has 4 aromatic rings. The van der Waals surface area contributed by atoms with E-state index in [1.807, 2.05) is 28.8 Å². The molecule has 0 radical (unpaired) electrons. The Morgan fingerprint density at radius 1 is 1.03 bits per heavy atom. The van der Waals surface area contributed by atoms with Crippen LogP contribution in [0.25, 0.3) is 22.5 Å². The van der Waals surface area contributed by atoms with Crippen molar-refractivity contribution in [2.45, 2.75) is 32.7 Å². The van der Waals surface area contributed by atoms with Crippen molar-refractivity contribution in [3.05, 3.63) is 76.3 Å². The summed E-state index contributed by atoms with van der Waals surface area (Å²) in [5, 5.41) is 14.5. The van der Waals surface area contributed by atoms with Gasteiger partial charge >= 0.3 is 0 Å². The molecule has 3 heterocycles. The molecule has 5 rings (SSSR count). The van der Waals surface area contributed by atoms with Crippen molar-refractivity contribution in [1.82, 2.24) is 30.2 Å². The van der Waals surface area contributed by atoms with Crippen LogP contribution in [-0.4, -0.2) is 56.5 Å². The summed E-state index contributed by atoms with van der Waals surface area (Å²) < 4.78 is 7.26. The van der Waals surface area contributed by atoms with Gasteiger partial charge in [0, 0.05) is 31.1 Å². The summed E-state index contributed by atoms with van der Waals surface area (Å²) >= 11 is 0. The molecule has 1 aliphatic rings. The number of aryl methyl sites for hydroxylation is 1. The van der Waals surface area contributed by atoms with E-state index >= 15 is 0 Å². The van der Waals surface area contributed by atoms with Gasteiger partial charge in [0.1, 0.15) is 11.6 Å². The first-order valence-electron chi connectivity index (χ1n) is 12.1. The molecule has 9 nitrogen and oxygen atoms in total. The third-order valence-electron chi connectivity index (χ3n) is 6.28. The Bertz CT molecular complexity index is 1310. The van der Waals surface area contributed by atoms with E-state index < -0.39 is 0 Å². The first kappa shape index (κ1) is 22.9. The summed E-state index contributed by atoms with van der Waals surface area (Å²) in [6.45, 7) is 5.49. The van der Waals surface area contributed by atoms with Crippen LogP contribution < -0.4 is 10.5 Å². The number of H-pyrrole nitrogens is 1. The molecule has 180 valence electrons. The highest BCUT2D eigenvalue weighted by atomic mass is 16.5. The lowest BCUT2D eigenvalue weighted by Gasteiger charge is -2.28. The van der Waals surface area contributed by atoms with Gasteiger partial charge in [0.25, 0.3) is 5.56 Å². The van der Waals surface area contributed by atoms with Crippen molar-refractivity contribution in [3.8, 4) is 22.5 Å². The van der Waals surface area contributed by atoms with Crippen LogP contribution >= 0.6 is 0 Å². The van der Waals surface area contributed by atoms with Gasteiger partial charge in [-0.05, 0) is 28.3 Å². The molecular weight excluding hydrogens is 442 g/mol. The maximum atomic E-state index is 13.2. The Balaban J connectivity index is 1.42. The second-order valence-corrected chi connectivity index (χ2v) is 8.64. The molecule has 9 heteroatoms. The third-order valence-corrected chi connectivity index (χ3v) is 6.28. The first-order chi connectivity index (χ1) is 17.2. The van der Waals surface area contributed by atoms with Gasteiger partial charge in [-0.1, -0.05) is 61.9 Å². The fourth-order valence-corrected chi connectivity index (χ4v) is 4.37. The lowest BCUT2D eigenvalue weighted by atomic mass is 9.98. The van der Waals surface area contributed by atoms with Crippen LogP contribution in [0.4, 0.5) is 5.82 Å². The Morgan fingerprint density at radius 3 is 2.51 bits per heavy atom. The average molecular weight is 472 g/mol. The van der Waals surface area contributed by atoms with E-state index in [9.17, 15) is 4.79 Å². The van der Waals surface area contributed by atoms with Crippen LogP contribution in [0.15, 0.2) is 59.4 Å².